The van der Waals surface area contributed by atoms with Gasteiger partial charge in [-0.1, -0.05) is 12.1 Å². The molecule has 4 nitrogen and oxygen atoms in total. The van der Waals surface area contributed by atoms with Crippen LogP contribution in [0.5, 0.6) is 0 Å². The molecule has 0 spiro atoms. The molecule has 92 valence electrons. The van der Waals surface area contributed by atoms with Gasteiger partial charge in [-0.05, 0) is 26.0 Å². The van der Waals surface area contributed by atoms with Gasteiger partial charge in [-0.3, -0.25) is 4.79 Å². The minimum absolute atomic E-state index is 0.0771. The van der Waals surface area contributed by atoms with E-state index in [-0.39, 0.29) is 5.91 Å². The first-order chi connectivity index (χ1) is 8.06. The number of benzene rings is 1. The molecule has 4 heteroatoms. The normalized spacial score (nSPS) is 17.6. The van der Waals surface area contributed by atoms with E-state index in [1.165, 1.54) is 0 Å². The summed E-state index contributed by atoms with van der Waals surface area (Å²) in [4.78, 5) is 14.1. The van der Waals surface area contributed by atoms with Crippen LogP contribution in [0, 0.1) is 0 Å². The summed E-state index contributed by atoms with van der Waals surface area (Å²) in [6, 6.07) is 7.84. The van der Waals surface area contributed by atoms with Crippen molar-refractivity contribution in [2.24, 2.45) is 0 Å². The Hall–Kier alpha value is -1.55. The van der Waals surface area contributed by atoms with Gasteiger partial charge >= 0.3 is 0 Å². The van der Waals surface area contributed by atoms with Gasteiger partial charge in [0.15, 0.2) is 0 Å². The number of para-hydroxylation sites is 2. The van der Waals surface area contributed by atoms with Gasteiger partial charge in [0.05, 0.1) is 18.0 Å². The topological polar surface area (TPSA) is 41.6 Å². The summed E-state index contributed by atoms with van der Waals surface area (Å²) in [6.45, 7) is 4.91. The predicted octanol–water partition coefficient (Wildman–Crippen LogP) is 1.87. The van der Waals surface area contributed by atoms with E-state index in [9.17, 15) is 4.79 Å². The molecule has 0 saturated heterocycles. The highest BCUT2D eigenvalue weighted by Crippen LogP contribution is 2.34. The van der Waals surface area contributed by atoms with Crippen LogP contribution in [-0.2, 0) is 9.53 Å². The number of rotatable bonds is 3. The van der Waals surface area contributed by atoms with Crippen molar-refractivity contribution in [1.29, 1.82) is 0 Å². The van der Waals surface area contributed by atoms with Crippen LogP contribution in [0.25, 0.3) is 0 Å². The van der Waals surface area contributed by atoms with Crippen LogP contribution in [0.4, 0.5) is 11.4 Å². The van der Waals surface area contributed by atoms with Gasteiger partial charge < -0.3 is 15.0 Å². The van der Waals surface area contributed by atoms with Crippen molar-refractivity contribution >= 4 is 17.3 Å². The monoisotopic (exact) mass is 234 g/mol. The molecular formula is C13H18N2O2. The first-order valence-electron chi connectivity index (χ1n) is 5.74. The van der Waals surface area contributed by atoms with Gasteiger partial charge in [-0.25, -0.2) is 0 Å². The van der Waals surface area contributed by atoms with Crippen molar-refractivity contribution in [3.8, 4) is 0 Å². The van der Waals surface area contributed by atoms with Crippen molar-refractivity contribution in [2.45, 2.75) is 19.4 Å². The molecule has 0 aromatic heterocycles. The maximum Gasteiger partial charge on any atom is 0.252 e. The van der Waals surface area contributed by atoms with E-state index in [0.29, 0.717) is 13.2 Å². The largest absolute Gasteiger partial charge is 0.383 e. The number of carbonyl (C=O) groups excluding carboxylic acids is 1. The van der Waals surface area contributed by atoms with Crippen LogP contribution in [-0.4, -0.2) is 31.7 Å². The predicted molar refractivity (Wildman–Crippen MR) is 68.4 cm³/mol. The molecule has 0 unspecified atom stereocenters. The minimum Gasteiger partial charge on any atom is -0.383 e. The van der Waals surface area contributed by atoms with Crippen molar-refractivity contribution in [3.63, 3.8) is 0 Å². The molecule has 1 aromatic rings. The number of ether oxygens (including phenoxy) is 1. The second-order valence-electron chi connectivity index (χ2n) is 4.72. The van der Waals surface area contributed by atoms with E-state index in [0.717, 1.165) is 11.4 Å². The molecule has 0 bridgehead atoms. The van der Waals surface area contributed by atoms with Gasteiger partial charge in [-0.2, -0.15) is 0 Å². The lowest BCUT2D eigenvalue weighted by atomic mass is 9.98. The number of carbonyl (C=O) groups is 1. The highest BCUT2D eigenvalue weighted by Gasteiger charge is 2.37. The fourth-order valence-corrected chi connectivity index (χ4v) is 2.06. The zero-order valence-electron chi connectivity index (χ0n) is 10.5. The molecule has 1 amide bonds. The number of methoxy groups -OCH3 is 1. The number of anilines is 2. The molecule has 0 radical (unpaired) electrons. The number of nitrogens with zero attached hydrogens (tertiary/aromatic N) is 1. The zero-order valence-corrected chi connectivity index (χ0v) is 10.5. The van der Waals surface area contributed by atoms with E-state index in [4.69, 9.17) is 4.74 Å². The van der Waals surface area contributed by atoms with Gasteiger partial charge in [0.1, 0.15) is 5.54 Å². The lowest BCUT2D eigenvalue weighted by Gasteiger charge is -2.39. The van der Waals surface area contributed by atoms with Gasteiger partial charge in [0.25, 0.3) is 5.91 Å². The molecule has 0 fully saturated rings. The number of fused-ring (bicyclic) bond motifs is 1. The standard InChI is InChI=1S/C13H18N2O2/c1-13(2)12(16)15(8-9-17-3)11-7-5-4-6-10(11)14-13/h4-7,14H,8-9H2,1-3H3. The third kappa shape index (κ3) is 2.13. The van der Waals surface area contributed by atoms with Crippen molar-refractivity contribution in [3.05, 3.63) is 24.3 Å². The number of hydrogen-bond acceptors (Lipinski definition) is 3. The lowest BCUT2D eigenvalue weighted by molar-refractivity contribution is -0.122. The lowest BCUT2D eigenvalue weighted by Crippen LogP contribution is -2.54. The third-order valence-electron chi connectivity index (χ3n) is 2.94. The molecule has 1 heterocycles. The van der Waals surface area contributed by atoms with E-state index < -0.39 is 5.54 Å². The summed E-state index contributed by atoms with van der Waals surface area (Å²) in [5, 5.41) is 3.26. The SMILES string of the molecule is COCCN1C(=O)C(C)(C)Nc2ccccc21. The van der Waals surface area contributed by atoms with Gasteiger partial charge in [0.2, 0.25) is 0 Å². The van der Waals surface area contributed by atoms with Crippen LogP contribution in [0.2, 0.25) is 0 Å². The Bertz CT molecular complexity index is 429. The first kappa shape index (κ1) is 11.9. The molecule has 1 N–H and O–H groups in total. The fourth-order valence-electron chi connectivity index (χ4n) is 2.06. The molecule has 1 aliphatic rings. The van der Waals surface area contributed by atoms with Gasteiger partial charge in [-0.15, -0.1) is 0 Å². The summed E-state index contributed by atoms with van der Waals surface area (Å²) in [6.07, 6.45) is 0. The number of hydrogen-bond donors (Lipinski definition) is 1. The van der Waals surface area contributed by atoms with E-state index in [1.54, 1.807) is 12.0 Å². The molecule has 1 aromatic carbocycles. The van der Waals surface area contributed by atoms with Crippen molar-refractivity contribution < 1.29 is 9.53 Å². The van der Waals surface area contributed by atoms with Crippen molar-refractivity contribution in [1.82, 2.24) is 0 Å². The highest BCUT2D eigenvalue weighted by molar-refractivity contribution is 6.07. The summed E-state index contributed by atoms with van der Waals surface area (Å²) in [5.41, 5.74) is 1.35. The molecule has 0 saturated carbocycles. The van der Waals surface area contributed by atoms with E-state index >= 15 is 0 Å². The highest BCUT2D eigenvalue weighted by atomic mass is 16.5. The smallest absolute Gasteiger partial charge is 0.252 e. The molecule has 1 aliphatic heterocycles. The van der Waals surface area contributed by atoms with Crippen LogP contribution < -0.4 is 10.2 Å². The van der Waals surface area contributed by atoms with Crippen molar-refractivity contribution in [2.75, 3.05) is 30.5 Å². The maximum absolute atomic E-state index is 12.3. The first-order valence-corrected chi connectivity index (χ1v) is 5.74. The van der Waals surface area contributed by atoms with E-state index in [2.05, 4.69) is 5.32 Å². The van der Waals surface area contributed by atoms with Crippen LogP contribution in [0.15, 0.2) is 24.3 Å². The third-order valence-corrected chi connectivity index (χ3v) is 2.94. The van der Waals surface area contributed by atoms with Gasteiger partial charge in [0, 0.05) is 13.7 Å². The second-order valence-corrected chi connectivity index (χ2v) is 4.72. The molecule has 0 aliphatic carbocycles. The average molecular weight is 234 g/mol. The number of amides is 1. The Morgan fingerprint density at radius 2 is 2.06 bits per heavy atom. The Kier molecular flexibility index (Phi) is 3.07. The average Bonchev–Trinajstić information content (AvgIpc) is 2.29. The van der Waals surface area contributed by atoms with Crippen LogP contribution in [0.3, 0.4) is 0 Å². The molecule has 2 rings (SSSR count). The Morgan fingerprint density at radius 1 is 1.35 bits per heavy atom. The van der Waals surface area contributed by atoms with E-state index in [1.807, 2.05) is 38.1 Å². The Morgan fingerprint density at radius 3 is 2.76 bits per heavy atom. The number of nitrogens with one attached hydrogen (secondary N) is 1. The zero-order chi connectivity index (χ0) is 12.5. The summed E-state index contributed by atoms with van der Waals surface area (Å²) >= 11 is 0. The molecule has 0 atom stereocenters. The Balaban J connectivity index is 2.38. The summed E-state index contributed by atoms with van der Waals surface area (Å²) in [5.74, 6) is 0.0771. The fraction of sp³-hybridized carbons (Fsp3) is 0.462. The van der Waals surface area contributed by atoms with Crippen LogP contribution in [0.1, 0.15) is 13.8 Å². The summed E-state index contributed by atoms with van der Waals surface area (Å²) in [7, 11) is 1.64. The molecular weight excluding hydrogens is 216 g/mol. The minimum atomic E-state index is -0.567. The maximum atomic E-state index is 12.3. The van der Waals surface area contributed by atoms with Crippen LogP contribution >= 0.6 is 0 Å². The Labute approximate surface area is 102 Å². The summed E-state index contributed by atoms with van der Waals surface area (Å²) < 4.78 is 5.06. The quantitative estimate of drug-likeness (QED) is 0.868. The molecule has 17 heavy (non-hydrogen) atoms. The second kappa shape index (κ2) is 4.37.